The number of rotatable bonds is 5. The molecule has 3 nitrogen and oxygen atoms in total. The quantitative estimate of drug-likeness (QED) is 0.680. The topological polar surface area (TPSA) is 38.9 Å². The summed E-state index contributed by atoms with van der Waals surface area (Å²) in [5.41, 5.74) is 2.68. The number of thioether (sulfide) groups is 1. The van der Waals surface area contributed by atoms with Gasteiger partial charge in [0.2, 0.25) is 5.89 Å². The summed E-state index contributed by atoms with van der Waals surface area (Å²) >= 11 is 1.63. The molecule has 1 aliphatic carbocycles. The SMILES string of the molecule is CC(C)c1ccc(CSc2nnc(C3CCCCC3)o2)cc1. The van der Waals surface area contributed by atoms with Gasteiger partial charge in [0.05, 0.1) is 0 Å². The third-order valence-corrected chi connectivity index (χ3v) is 5.27. The van der Waals surface area contributed by atoms with E-state index >= 15 is 0 Å². The van der Waals surface area contributed by atoms with Crippen molar-refractivity contribution in [2.45, 2.75) is 68.8 Å². The first-order valence-corrected chi connectivity index (χ1v) is 9.26. The highest BCUT2D eigenvalue weighted by Gasteiger charge is 2.21. The molecule has 0 saturated heterocycles. The van der Waals surface area contributed by atoms with Crippen LogP contribution in [0.25, 0.3) is 0 Å². The summed E-state index contributed by atoms with van der Waals surface area (Å²) in [7, 11) is 0. The van der Waals surface area contributed by atoms with Crippen molar-refractivity contribution in [1.29, 1.82) is 0 Å². The van der Waals surface area contributed by atoms with E-state index in [1.165, 1.54) is 43.2 Å². The van der Waals surface area contributed by atoms with Gasteiger partial charge in [-0.1, -0.05) is 69.1 Å². The van der Waals surface area contributed by atoms with Crippen LogP contribution in [-0.4, -0.2) is 10.2 Å². The van der Waals surface area contributed by atoms with E-state index in [2.05, 4.69) is 48.3 Å². The molecule has 22 heavy (non-hydrogen) atoms. The number of aromatic nitrogens is 2. The van der Waals surface area contributed by atoms with Crippen molar-refractivity contribution in [3.05, 3.63) is 41.3 Å². The van der Waals surface area contributed by atoms with Gasteiger partial charge in [-0.05, 0) is 29.9 Å². The molecule has 1 saturated carbocycles. The lowest BCUT2D eigenvalue weighted by Crippen LogP contribution is -2.04. The van der Waals surface area contributed by atoms with Gasteiger partial charge in [-0.2, -0.15) is 0 Å². The van der Waals surface area contributed by atoms with Gasteiger partial charge in [-0.25, -0.2) is 0 Å². The molecule has 1 aliphatic rings. The van der Waals surface area contributed by atoms with Crippen LogP contribution in [0.15, 0.2) is 33.9 Å². The molecule has 3 rings (SSSR count). The van der Waals surface area contributed by atoms with Crippen molar-refractivity contribution in [3.63, 3.8) is 0 Å². The second kappa shape index (κ2) is 7.32. The molecule has 4 heteroatoms. The first-order chi connectivity index (χ1) is 10.7. The molecule has 0 aliphatic heterocycles. The summed E-state index contributed by atoms with van der Waals surface area (Å²) in [4.78, 5) is 0. The molecular weight excluding hydrogens is 292 g/mol. The van der Waals surface area contributed by atoms with Crippen LogP contribution in [0.2, 0.25) is 0 Å². The van der Waals surface area contributed by atoms with Crippen LogP contribution in [0.3, 0.4) is 0 Å². The van der Waals surface area contributed by atoms with Crippen LogP contribution >= 0.6 is 11.8 Å². The first-order valence-electron chi connectivity index (χ1n) is 8.27. The third kappa shape index (κ3) is 3.92. The lowest BCUT2D eigenvalue weighted by molar-refractivity contribution is 0.334. The van der Waals surface area contributed by atoms with E-state index < -0.39 is 0 Å². The van der Waals surface area contributed by atoms with Crippen molar-refractivity contribution in [2.24, 2.45) is 0 Å². The van der Waals surface area contributed by atoms with Gasteiger partial charge in [0.25, 0.3) is 5.22 Å². The maximum absolute atomic E-state index is 5.85. The Kier molecular flexibility index (Phi) is 5.19. The zero-order chi connectivity index (χ0) is 15.4. The predicted molar refractivity (Wildman–Crippen MR) is 90.2 cm³/mol. The Morgan fingerprint density at radius 2 is 1.82 bits per heavy atom. The van der Waals surface area contributed by atoms with Gasteiger partial charge in [-0.3, -0.25) is 0 Å². The van der Waals surface area contributed by atoms with E-state index in [-0.39, 0.29) is 0 Å². The van der Waals surface area contributed by atoms with Crippen LogP contribution < -0.4 is 0 Å². The lowest BCUT2D eigenvalue weighted by Gasteiger charge is -2.17. The fraction of sp³-hybridized carbons (Fsp3) is 0.556. The molecule has 1 heterocycles. The maximum atomic E-state index is 5.85. The highest BCUT2D eigenvalue weighted by molar-refractivity contribution is 7.98. The zero-order valence-electron chi connectivity index (χ0n) is 13.4. The molecule has 2 aromatic rings. The predicted octanol–water partition coefficient (Wildman–Crippen LogP) is 5.53. The fourth-order valence-corrected chi connectivity index (χ4v) is 3.66. The Bertz CT molecular complexity index is 585. The van der Waals surface area contributed by atoms with Gasteiger partial charge in [-0.15, -0.1) is 10.2 Å². The summed E-state index contributed by atoms with van der Waals surface area (Å²) in [5, 5.41) is 9.15. The smallest absolute Gasteiger partial charge is 0.276 e. The van der Waals surface area contributed by atoms with E-state index in [0.29, 0.717) is 17.1 Å². The minimum atomic E-state index is 0.487. The summed E-state index contributed by atoms with van der Waals surface area (Å²) in [5.74, 6) is 2.79. The van der Waals surface area contributed by atoms with Crippen LogP contribution in [0.4, 0.5) is 0 Å². The Hall–Kier alpha value is -1.29. The first kappa shape index (κ1) is 15.6. The van der Waals surface area contributed by atoms with Crippen molar-refractivity contribution >= 4 is 11.8 Å². The van der Waals surface area contributed by atoms with Crippen LogP contribution in [-0.2, 0) is 5.75 Å². The molecule has 118 valence electrons. The van der Waals surface area contributed by atoms with Crippen molar-refractivity contribution in [2.75, 3.05) is 0 Å². The third-order valence-electron chi connectivity index (χ3n) is 4.39. The minimum absolute atomic E-state index is 0.487. The van der Waals surface area contributed by atoms with Crippen LogP contribution in [0.1, 0.15) is 74.8 Å². The van der Waals surface area contributed by atoms with E-state index in [1.54, 1.807) is 11.8 Å². The zero-order valence-corrected chi connectivity index (χ0v) is 14.2. The van der Waals surface area contributed by atoms with E-state index in [4.69, 9.17) is 4.42 Å². The van der Waals surface area contributed by atoms with E-state index in [1.807, 2.05) is 0 Å². The molecule has 1 aromatic carbocycles. The molecule has 1 aromatic heterocycles. The van der Waals surface area contributed by atoms with Crippen LogP contribution in [0, 0.1) is 0 Å². The molecule has 0 spiro atoms. The molecule has 1 fully saturated rings. The molecule has 0 N–H and O–H groups in total. The highest BCUT2D eigenvalue weighted by atomic mass is 32.2. The fourth-order valence-electron chi connectivity index (χ4n) is 2.94. The Balaban J connectivity index is 1.56. The normalized spacial score (nSPS) is 16.3. The van der Waals surface area contributed by atoms with Crippen LogP contribution in [0.5, 0.6) is 0 Å². The van der Waals surface area contributed by atoms with Gasteiger partial charge >= 0.3 is 0 Å². The standard InChI is InChI=1S/C18H24N2OS/c1-13(2)15-10-8-14(9-11-15)12-22-18-20-19-17(21-18)16-6-4-3-5-7-16/h8-11,13,16H,3-7,12H2,1-2H3. The Labute approximate surface area is 136 Å². The molecule has 0 radical (unpaired) electrons. The minimum Gasteiger partial charge on any atom is -0.416 e. The molecule has 0 amide bonds. The monoisotopic (exact) mass is 316 g/mol. The van der Waals surface area contributed by atoms with Crippen molar-refractivity contribution in [3.8, 4) is 0 Å². The second-order valence-electron chi connectivity index (χ2n) is 6.43. The van der Waals surface area contributed by atoms with Gasteiger partial charge in [0, 0.05) is 11.7 Å². The summed E-state index contributed by atoms with van der Waals surface area (Å²) in [6.45, 7) is 4.43. The van der Waals surface area contributed by atoms with Gasteiger partial charge in [0.1, 0.15) is 0 Å². The van der Waals surface area contributed by atoms with Gasteiger partial charge < -0.3 is 4.42 Å². The molecule has 0 atom stereocenters. The number of benzene rings is 1. The number of hydrogen-bond acceptors (Lipinski definition) is 4. The van der Waals surface area contributed by atoms with Crippen molar-refractivity contribution in [1.82, 2.24) is 10.2 Å². The number of nitrogens with zero attached hydrogens (tertiary/aromatic N) is 2. The maximum Gasteiger partial charge on any atom is 0.276 e. The molecular formula is C18H24N2OS. The average molecular weight is 316 g/mol. The van der Waals surface area contributed by atoms with Gasteiger partial charge in [0.15, 0.2) is 0 Å². The highest BCUT2D eigenvalue weighted by Crippen LogP contribution is 2.33. The summed E-state index contributed by atoms with van der Waals surface area (Å²) in [6, 6.07) is 8.81. The second-order valence-corrected chi connectivity index (χ2v) is 7.35. The molecule has 0 bridgehead atoms. The van der Waals surface area contributed by atoms with E-state index in [0.717, 1.165) is 11.6 Å². The largest absolute Gasteiger partial charge is 0.416 e. The number of hydrogen-bond donors (Lipinski definition) is 0. The summed E-state index contributed by atoms with van der Waals surface area (Å²) < 4.78 is 5.85. The van der Waals surface area contributed by atoms with E-state index in [9.17, 15) is 0 Å². The summed E-state index contributed by atoms with van der Waals surface area (Å²) in [6.07, 6.45) is 6.32. The molecule has 0 unspecified atom stereocenters. The lowest BCUT2D eigenvalue weighted by atomic mass is 9.89. The van der Waals surface area contributed by atoms with Crippen molar-refractivity contribution < 1.29 is 4.42 Å². The Morgan fingerprint density at radius 3 is 2.50 bits per heavy atom. The Morgan fingerprint density at radius 1 is 1.09 bits per heavy atom. The average Bonchev–Trinajstić information content (AvgIpc) is 3.03.